The van der Waals surface area contributed by atoms with Crippen molar-refractivity contribution in [3.8, 4) is 0 Å². The predicted octanol–water partition coefficient (Wildman–Crippen LogP) is 10.3. The largest absolute Gasteiger partial charge is 0.152 e. The van der Waals surface area contributed by atoms with Gasteiger partial charge in [-0.05, 0) is 35.0 Å². The van der Waals surface area contributed by atoms with Crippen molar-refractivity contribution >= 4 is 22.7 Å². The Kier molecular flexibility index (Phi) is 19.2. The molecule has 0 bridgehead atoms. The molecule has 0 saturated carbocycles. The van der Waals surface area contributed by atoms with E-state index in [0.29, 0.717) is 0 Å². The van der Waals surface area contributed by atoms with Crippen molar-refractivity contribution in [3.63, 3.8) is 0 Å². The van der Waals surface area contributed by atoms with Gasteiger partial charge in [0, 0.05) is 4.88 Å². The Bertz CT molecular complexity index is 455. The molecule has 2 rings (SSSR count). The van der Waals surface area contributed by atoms with Gasteiger partial charge in [0.15, 0.2) is 0 Å². The van der Waals surface area contributed by atoms with Gasteiger partial charge >= 0.3 is 0 Å². The zero-order chi connectivity index (χ0) is 20.0. The molecule has 0 atom stereocenters. The first kappa shape index (κ1) is 25.4. The van der Waals surface area contributed by atoms with Gasteiger partial charge in [0.25, 0.3) is 0 Å². The van der Waals surface area contributed by atoms with E-state index in [9.17, 15) is 0 Å². The summed E-state index contributed by atoms with van der Waals surface area (Å²) in [4.78, 5) is 1.57. The molecule has 0 unspecified atom stereocenters. The molecular weight excluding hydrogens is 376 g/mol. The molecule has 0 N–H and O–H groups in total. The smallest absolute Gasteiger partial charge is 0.00452 e. The normalized spacial score (nSPS) is 10.6. The van der Waals surface area contributed by atoms with E-state index < -0.39 is 0 Å². The van der Waals surface area contributed by atoms with Crippen LogP contribution in [-0.2, 0) is 6.42 Å². The fraction of sp³-hybridized carbons (Fsp3) is 0.692. The molecular formula is C26H44S2. The lowest BCUT2D eigenvalue weighted by Gasteiger charge is -2.03. The van der Waals surface area contributed by atoms with Gasteiger partial charge in [-0.25, -0.2) is 0 Å². The number of hydrogen-bond acceptors (Lipinski definition) is 2. The summed E-state index contributed by atoms with van der Waals surface area (Å²) in [6, 6.07) is 8.48. The molecule has 0 aliphatic heterocycles. The van der Waals surface area contributed by atoms with E-state index in [-0.39, 0.29) is 0 Å². The highest BCUT2D eigenvalue weighted by Crippen LogP contribution is 2.16. The van der Waals surface area contributed by atoms with E-state index in [0.717, 1.165) is 0 Å². The van der Waals surface area contributed by atoms with Crippen LogP contribution in [0.5, 0.6) is 0 Å². The first-order chi connectivity index (χ1) is 13.9. The molecule has 0 amide bonds. The van der Waals surface area contributed by atoms with Gasteiger partial charge in [-0.1, -0.05) is 121 Å². The maximum atomic E-state index is 2.30. The van der Waals surface area contributed by atoms with Crippen molar-refractivity contribution in [3.05, 3.63) is 45.3 Å². The second-order valence-corrected chi connectivity index (χ2v) is 9.77. The van der Waals surface area contributed by atoms with Gasteiger partial charge < -0.3 is 0 Å². The second-order valence-electron chi connectivity index (χ2n) is 7.93. The maximum absolute atomic E-state index is 2.30. The van der Waals surface area contributed by atoms with Crippen molar-refractivity contribution in [2.45, 2.75) is 116 Å². The van der Waals surface area contributed by atoms with Crippen molar-refractivity contribution < 1.29 is 0 Å². The van der Waals surface area contributed by atoms with E-state index in [2.05, 4.69) is 24.4 Å². The van der Waals surface area contributed by atoms with E-state index in [4.69, 9.17) is 0 Å². The van der Waals surface area contributed by atoms with Crippen LogP contribution in [0, 0.1) is 0 Å². The topological polar surface area (TPSA) is 0 Å². The zero-order valence-electron chi connectivity index (χ0n) is 18.4. The van der Waals surface area contributed by atoms with Crippen LogP contribution < -0.4 is 0 Å². The Morgan fingerprint density at radius 2 is 1.00 bits per heavy atom. The average Bonchev–Trinajstić information content (AvgIpc) is 3.44. The third-order valence-corrected chi connectivity index (χ3v) is 6.85. The molecule has 2 aromatic heterocycles. The number of unbranched alkanes of at least 4 members (excludes halogenated alkanes) is 15. The minimum Gasteiger partial charge on any atom is -0.152 e. The van der Waals surface area contributed by atoms with Crippen LogP contribution >= 0.6 is 22.7 Å². The van der Waals surface area contributed by atoms with Crippen molar-refractivity contribution in [1.29, 1.82) is 0 Å². The number of hydrogen-bond donors (Lipinski definition) is 0. The maximum Gasteiger partial charge on any atom is 0.00452 e. The molecule has 0 aromatic carbocycles. The third kappa shape index (κ3) is 17.5. The van der Waals surface area contributed by atoms with Crippen molar-refractivity contribution in [1.82, 2.24) is 0 Å². The van der Waals surface area contributed by atoms with Gasteiger partial charge in [-0.2, -0.15) is 11.3 Å². The van der Waals surface area contributed by atoms with Crippen LogP contribution in [0.3, 0.4) is 0 Å². The first-order valence-electron chi connectivity index (χ1n) is 11.9. The minimum atomic E-state index is 1.30. The Labute approximate surface area is 183 Å². The van der Waals surface area contributed by atoms with E-state index in [1.54, 1.807) is 16.2 Å². The third-order valence-electron chi connectivity index (χ3n) is 5.28. The summed E-state index contributed by atoms with van der Waals surface area (Å²) in [5.74, 6) is 0. The Balaban J connectivity index is 0.000000674. The van der Waals surface area contributed by atoms with E-state index in [1.165, 1.54) is 109 Å². The summed E-state index contributed by atoms with van der Waals surface area (Å²) < 4.78 is 0. The number of rotatable bonds is 17. The van der Waals surface area contributed by atoms with Gasteiger partial charge in [-0.15, -0.1) is 11.3 Å². The predicted molar refractivity (Wildman–Crippen MR) is 132 cm³/mol. The lowest BCUT2D eigenvalue weighted by atomic mass is 10.0. The van der Waals surface area contributed by atoms with Gasteiger partial charge in [0.1, 0.15) is 0 Å². The molecule has 0 fully saturated rings. The molecule has 28 heavy (non-hydrogen) atoms. The standard InChI is InChI=1S/C22H40S.C4H4S/c1-2-3-4-5-6-7-8-9-10-11-12-13-14-15-16-17-19-22-20-18-21-23-22;1-2-4-5-3-1/h18,20-21H,2-17,19H2,1H3;1-4H. The summed E-state index contributed by atoms with van der Waals surface area (Å²) in [6.07, 6.45) is 24.6. The van der Waals surface area contributed by atoms with E-state index in [1.807, 2.05) is 34.2 Å². The van der Waals surface area contributed by atoms with Gasteiger partial charge in [0.2, 0.25) is 0 Å². The molecule has 2 heteroatoms. The van der Waals surface area contributed by atoms with E-state index >= 15 is 0 Å². The molecule has 0 aliphatic rings. The number of aryl methyl sites for hydroxylation is 1. The fourth-order valence-electron chi connectivity index (χ4n) is 3.53. The van der Waals surface area contributed by atoms with Crippen LogP contribution in [0.4, 0.5) is 0 Å². The molecule has 0 aliphatic carbocycles. The number of thiophene rings is 2. The highest BCUT2D eigenvalue weighted by molar-refractivity contribution is 7.09. The SMILES string of the molecule is CCCCCCCCCCCCCCCCCCc1cccs1.c1ccsc1. The van der Waals surface area contributed by atoms with Gasteiger partial charge in [-0.3, -0.25) is 0 Å². The van der Waals surface area contributed by atoms with Crippen LogP contribution in [-0.4, -0.2) is 0 Å². The average molecular weight is 421 g/mol. The van der Waals surface area contributed by atoms with Crippen LogP contribution in [0.2, 0.25) is 0 Å². The Morgan fingerprint density at radius 3 is 1.36 bits per heavy atom. The summed E-state index contributed by atoms with van der Waals surface area (Å²) in [5.41, 5.74) is 0. The van der Waals surface area contributed by atoms with Crippen molar-refractivity contribution in [2.75, 3.05) is 0 Å². The highest BCUT2D eigenvalue weighted by atomic mass is 32.1. The summed E-state index contributed by atoms with van der Waals surface area (Å²) in [5, 5.41) is 6.28. The quantitative estimate of drug-likeness (QED) is 0.223. The monoisotopic (exact) mass is 420 g/mol. The molecule has 0 saturated heterocycles. The summed E-state index contributed by atoms with van der Waals surface area (Å²) in [6.45, 7) is 2.30. The second kappa shape index (κ2) is 21.1. The molecule has 0 spiro atoms. The minimum absolute atomic E-state index is 1.30. The summed E-state index contributed by atoms with van der Waals surface area (Å²) >= 11 is 3.62. The van der Waals surface area contributed by atoms with Gasteiger partial charge in [0.05, 0.1) is 0 Å². The van der Waals surface area contributed by atoms with Crippen molar-refractivity contribution in [2.24, 2.45) is 0 Å². The highest BCUT2D eigenvalue weighted by Gasteiger charge is 1.96. The lowest BCUT2D eigenvalue weighted by molar-refractivity contribution is 0.529. The Morgan fingerprint density at radius 1 is 0.536 bits per heavy atom. The van der Waals surface area contributed by atoms with Crippen LogP contribution in [0.15, 0.2) is 40.4 Å². The fourth-order valence-corrected chi connectivity index (χ4v) is 4.73. The Hall–Kier alpha value is -0.600. The molecule has 2 heterocycles. The molecule has 2 aromatic rings. The molecule has 0 radical (unpaired) electrons. The molecule has 160 valence electrons. The van der Waals surface area contributed by atoms with Crippen LogP contribution in [0.1, 0.15) is 115 Å². The lowest BCUT2D eigenvalue weighted by Crippen LogP contribution is -1.84. The van der Waals surface area contributed by atoms with Crippen LogP contribution in [0.25, 0.3) is 0 Å². The zero-order valence-corrected chi connectivity index (χ0v) is 20.0. The summed E-state index contributed by atoms with van der Waals surface area (Å²) in [7, 11) is 0. The first-order valence-corrected chi connectivity index (χ1v) is 13.7. The molecule has 0 nitrogen and oxygen atoms in total.